The molecule has 1 amide bonds. The number of ether oxygens (including phenoxy) is 1. The summed E-state index contributed by atoms with van der Waals surface area (Å²) in [5.41, 5.74) is 1.52. The van der Waals surface area contributed by atoms with Crippen molar-refractivity contribution in [3.05, 3.63) is 29.8 Å². The van der Waals surface area contributed by atoms with Gasteiger partial charge in [-0.2, -0.15) is 17.4 Å². The predicted octanol–water partition coefficient (Wildman–Crippen LogP) is 1.72. The zero-order valence-corrected chi connectivity index (χ0v) is 16.0. The number of anilines is 1. The normalized spacial score (nSPS) is 22.1. The Hall–Kier alpha value is -1.48. The molecule has 1 aliphatic rings. The number of hydrogen-bond donors (Lipinski definition) is 2. The molecule has 1 aliphatic heterocycles. The minimum absolute atomic E-state index is 0.0518. The highest BCUT2D eigenvalue weighted by atomic mass is 32.2. The Morgan fingerprint density at radius 2 is 1.76 bits per heavy atom. The molecule has 0 radical (unpaired) electrons. The smallest absolute Gasteiger partial charge is 0.279 e. The van der Waals surface area contributed by atoms with Crippen molar-refractivity contribution >= 4 is 21.8 Å². The van der Waals surface area contributed by atoms with Gasteiger partial charge in [-0.25, -0.2) is 0 Å². The van der Waals surface area contributed by atoms with Gasteiger partial charge < -0.3 is 10.1 Å². The fraction of sp³-hybridized carbons (Fsp3) is 0.588. The number of carbonyl (C=O) groups is 1. The molecular weight excluding hydrogens is 342 g/mol. The molecule has 2 N–H and O–H groups in total. The molecule has 1 saturated heterocycles. The van der Waals surface area contributed by atoms with E-state index >= 15 is 0 Å². The topological polar surface area (TPSA) is 87.7 Å². The fourth-order valence-corrected chi connectivity index (χ4v) is 3.93. The van der Waals surface area contributed by atoms with E-state index in [0.717, 1.165) is 5.56 Å². The van der Waals surface area contributed by atoms with E-state index in [4.69, 9.17) is 4.74 Å². The third-order valence-corrected chi connectivity index (χ3v) is 5.42. The second-order valence-electron chi connectivity index (χ2n) is 6.74. The lowest BCUT2D eigenvalue weighted by molar-refractivity contribution is -0.118. The number of amides is 1. The van der Waals surface area contributed by atoms with Crippen LogP contribution in [0.15, 0.2) is 24.3 Å². The van der Waals surface area contributed by atoms with Crippen LogP contribution < -0.4 is 10.0 Å². The summed E-state index contributed by atoms with van der Waals surface area (Å²) in [4.78, 5) is 11.7. The molecule has 7 nitrogen and oxygen atoms in total. The Bertz CT molecular complexity index is 678. The van der Waals surface area contributed by atoms with Crippen LogP contribution in [0.25, 0.3) is 0 Å². The highest BCUT2D eigenvalue weighted by Crippen LogP contribution is 2.15. The van der Waals surface area contributed by atoms with Crippen LogP contribution in [-0.2, 0) is 26.3 Å². The van der Waals surface area contributed by atoms with Gasteiger partial charge in [0.05, 0.1) is 12.2 Å². The van der Waals surface area contributed by atoms with Gasteiger partial charge in [0.15, 0.2) is 0 Å². The monoisotopic (exact) mass is 369 g/mol. The van der Waals surface area contributed by atoms with Gasteiger partial charge in [-0.3, -0.25) is 4.79 Å². The molecule has 25 heavy (non-hydrogen) atoms. The molecule has 1 heterocycles. The molecule has 0 unspecified atom stereocenters. The molecule has 1 fully saturated rings. The fourth-order valence-electron chi connectivity index (χ4n) is 2.59. The van der Waals surface area contributed by atoms with Crippen molar-refractivity contribution in [3.8, 4) is 0 Å². The first kappa shape index (κ1) is 19.8. The second kappa shape index (κ2) is 8.27. The summed E-state index contributed by atoms with van der Waals surface area (Å²) in [6, 6.07) is 7.12. The van der Waals surface area contributed by atoms with Crippen molar-refractivity contribution in [2.24, 2.45) is 5.92 Å². The molecule has 0 aromatic heterocycles. The lowest BCUT2D eigenvalue weighted by Crippen LogP contribution is -2.51. The first-order chi connectivity index (χ1) is 11.7. The quantitative estimate of drug-likeness (QED) is 0.799. The number of hydrogen-bond acceptors (Lipinski definition) is 4. The third-order valence-electron chi connectivity index (χ3n) is 3.93. The Labute approximate surface area is 149 Å². The van der Waals surface area contributed by atoms with Crippen LogP contribution in [0.2, 0.25) is 0 Å². The lowest BCUT2D eigenvalue weighted by atomic mass is 10.2. The molecule has 8 heteroatoms. The maximum atomic E-state index is 12.4. The lowest BCUT2D eigenvalue weighted by Gasteiger charge is -2.34. The van der Waals surface area contributed by atoms with E-state index in [1.165, 1.54) is 4.31 Å². The molecular formula is C17H27N3O4S. The molecule has 2 rings (SSSR count). The largest absolute Gasteiger partial charge is 0.373 e. The molecule has 1 aromatic carbocycles. The number of nitrogens with zero attached hydrogens (tertiary/aromatic N) is 1. The van der Waals surface area contributed by atoms with Crippen LogP contribution in [0.1, 0.15) is 33.3 Å². The maximum Gasteiger partial charge on any atom is 0.279 e. The highest BCUT2D eigenvalue weighted by Gasteiger charge is 2.30. The summed E-state index contributed by atoms with van der Waals surface area (Å²) in [6.07, 6.45) is -0.242. The number of benzene rings is 1. The van der Waals surface area contributed by atoms with Gasteiger partial charge in [0.1, 0.15) is 0 Å². The summed E-state index contributed by atoms with van der Waals surface area (Å²) in [5.74, 6) is -0.145. The summed E-state index contributed by atoms with van der Waals surface area (Å²) >= 11 is 0. The van der Waals surface area contributed by atoms with Gasteiger partial charge in [0.2, 0.25) is 5.91 Å². The van der Waals surface area contributed by atoms with Crippen LogP contribution in [-0.4, -0.2) is 43.9 Å². The van der Waals surface area contributed by atoms with Crippen LogP contribution in [0.5, 0.6) is 0 Å². The summed E-state index contributed by atoms with van der Waals surface area (Å²) in [6.45, 7) is 8.27. The third kappa shape index (κ3) is 5.78. The minimum Gasteiger partial charge on any atom is -0.373 e. The van der Waals surface area contributed by atoms with Gasteiger partial charge in [0, 0.05) is 31.2 Å². The van der Waals surface area contributed by atoms with Gasteiger partial charge in [-0.15, -0.1) is 0 Å². The minimum atomic E-state index is -3.55. The predicted molar refractivity (Wildman–Crippen MR) is 97.3 cm³/mol. The van der Waals surface area contributed by atoms with E-state index in [9.17, 15) is 13.2 Å². The average molecular weight is 369 g/mol. The maximum absolute atomic E-state index is 12.4. The van der Waals surface area contributed by atoms with E-state index in [1.54, 1.807) is 24.3 Å². The van der Waals surface area contributed by atoms with Crippen molar-refractivity contribution in [3.63, 3.8) is 0 Å². The molecule has 0 saturated carbocycles. The SMILES string of the molecule is CC(C)C(=O)Nc1ccc(CNS(=O)(=O)N2C[C@@H](C)O[C@@H](C)C2)cc1. The number of rotatable bonds is 6. The van der Waals surface area contributed by atoms with Gasteiger partial charge in [-0.05, 0) is 31.5 Å². The Morgan fingerprint density at radius 3 is 2.28 bits per heavy atom. The first-order valence-corrected chi connectivity index (χ1v) is 9.91. The van der Waals surface area contributed by atoms with Crippen LogP contribution in [0.3, 0.4) is 0 Å². The summed E-state index contributed by atoms with van der Waals surface area (Å²) < 4.78 is 34.5. The Morgan fingerprint density at radius 1 is 1.20 bits per heavy atom. The first-order valence-electron chi connectivity index (χ1n) is 8.47. The van der Waals surface area contributed by atoms with E-state index in [1.807, 2.05) is 27.7 Å². The van der Waals surface area contributed by atoms with E-state index in [-0.39, 0.29) is 30.6 Å². The van der Waals surface area contributed by atoms with Crippen LogP contribution in [0.4, 0.5) is 5.69 Å². The molecule has 0 aliphatic carbocycles. The van der Waals surface area contributed by atoms with Crippen molar-refractivity contribution < 1.29 is 17.9 Å². The van der Waals surface area contributed by atoms with Crippen LogP contribution in [0, 0.1) is 5.92 Å². The summed E-state index contributed by atoms with van der Waals surface area (Å²) in [5, 5.41) is 2.80. The molecule has 0 spiro atoms. The number of morpholine rings is 1. The average Bonchev–Trinajstić information content (AvgIpc) is 2.53. The van der Waals surface area contributed by atoms with E-state index in [2.05, 4.69) is 10.0 Å². The van der Waals surface area contributed by atoms with Crippen molar-refractivity contribution in [2.75, 3.05) is 18.4 Å². The Balaban J connectivity index is 1.93. The van der Waals surface area contributed by atoms with Crippen LogP contribution >= 0.6 is 0 Å². The van der Waals surface area contributed by atoms with E-state index < -0.39 is 10.2 Å². The van der Waals surface area contributed by atoms with Gasteiger partial charge in [-0.1, -0.05) is 26.0 Å². The zero-order chi connectivity index (χ0) is 18.6. The highest BCUT2D eigenvalue weighted by molar-refractivity contribution is 7.87. The zero-order valence-electron chi connectivity index (χ0n) is 15.2. The van der Waals surface area contributed by atoms with Crippen molar-refractivity contribution in [2.45, 2.75) is 46.4 Å². The molecule has 1 aromatic rings. The molecule has 0 bridgehead atoms. The van der Waals surface area contributed by atoms with Gasteiger partial charge >= 0.3 is 0 Å². The number of carbonyl (C=O) groups excluding carboxylic acids is 1. The van der Waals surface area contributed by atoms with Crippen molar-refractivity contribution in [1.82, 2.24) is 9.03 Å². The second-order valence-corrected chi connectivity index (χ2v) is 8.50. The summed E-state index contributed by atoms with van der Waals surface area (Å²) in [7, 11) is -3.55. The van der Waals surface area contributed by atoms with Gasteiger partial charge in [0.25, 0.3) is 10.2 Å². The standard InChI is InChI=1S/C17H27N3O4S/c1-12(2)17(21)19-16-7-5-15(6-8-16)9-18-25(22,23)20-10-13(3)24-14(4)11-20/h5-8,12-14,18H,9-11H2,1-4H3,(H,19,21)/t13-,14+. The molecule has 140 valence electrons. The molecule has 2 atom stereocenters. The Kier molecular flexibility index (Phi) is 6.56. The number of nitrogens with one attached hydrogen (secondary N) is 2. The van der Waals surface area contributed by atoms with Crippen molar-refractivity contribution in [1.29, 1.82) is 0 Å². The van der Waals surface area contributed by atoms with E-state index in [0.29, 0.717) is 18.8 Å².